The summed E-state index contributed by atoms with van der Waals surface area (Å²) in [6.45, 7) is 28.3. The van der Waals surface area contributed by atoms with Crippen molar-refractivity contribution in [3.8, 4) is 0 Å². The molecule has 23 rings (SSSR count). The third-order valence-electron chi connectivity index (χ3n) is 24.9. The van der Waals surface area contributed by atoms with Gasteiger partial charge in [-0.05, 0) is 244 Å². The Labute approximate surface area is 755 Å². The van der Waals surface area contributed by atoms with Crippen LogP contribution >= 0.6 is 0 Å². The van der Waals surface area contributed by atoms with Crippen LogP contribution in [0.1, 0.15) is 134 Å². The monoisotopic (exact) mass is 1700 g/mol. The van der Waals surface area contributed by atoms with Gasteiger partial charge in [-0.1, -0.05) is 91.0 Å². The molecule has 7 aromatic carbocycles. The van der Waals surface area contributed by atoms with Gasteiger partial charge in [0.05, 0.1) is 42.6 Å². The van der Waals surface area contributed by atoms with Crippen LogP contribution in [0.15, 0.2) is 248 Å². The summed E-state index contributed by atoms with van der Waals surface area (Å²) in [6.07, 6.45) is 13.3. The second-order valence-electron chi connectivity index (χ2n) is 33.6. The lowest BCUT2D eigenvalue weighted by Gasteiger charge is -2.33. The summed E-state index contributed by atoms with van der Waals surface area (Å²) in [5, 5.41) is 9.98. The molecule has 642 valence electrons. The Kier molecular flexibility index (Phi) is 17.8. The highest BCUT2D eigenvalue weighted by Crippen LogP contribution is 2.52. The van der Waals surface area contributed by atoms with Crippen molar-refractivity contribution in [3.63, 3.8) is 0 Å². The second kappa shape index (κ2) is 32.3. The number of hydrogen-bond acceptors (Lipinski definition) is 22. The van der Waals surface area contributed by atoms with Crippen LogP contribution in [0.25, 0.3) is 110 Å². The number of hydrogen-bond donors (Lipinski definition) is 0. The zero-order valence-electron chi connectivity index (χ0n) is 85.4. The predicted octanol–water partition coefficient (Wildman–Crippen LogP) is 25.6. The SMILES string of the molecule is Cc1ccc2c(n1)oc1c(N3c4nccnc4N(c4ccccc4)C3C)c(C)ccc12.[2H]C(C)(C)N1C=CN(c2c(C)ccc3c2oc2nc(C)ccc23)C1C.[2H]C([2H])([2H])C([2H])(C)N1C=CN(c2c(C)ccc3c2oc2nc(C)ccc23)C1C.[2H]C([2H])([2H])N1C=CN(c2c(C)ccc3c2oc2nc(C)ccc23)C1C.[2H]C([2H])([2H])N1c2ccccc2N(c2c(C)ccc3c2oc2nc(C)ccc23)C1C. The van der Waals surface area contributed by atoms with Gasteiger partial charge in [-0.15, -0.1) is 0 Å². The number of para-hydroxylation sites is 3. The molecule has 22 heteroatoms. The van der Waals surface area contributed by atoms with Crippen LogP contribution in [0.3, 0.4) is 0 Å². The Bertz CT molecular complexity index is 7790. The van der Waals surface area contributed by atoms with Crippen molar-refractivity contribution in [1.82, 2.24) is 49.6 Å². The molecule has 5 aliphatic heterocycles. The van der Waals surface area contributed by atoms with Gasteiger partial charge in [-0.2, -0.15) is 0 Å². The first-order valence-corrected chi connectivity index (χ1v) is 42.8. The largest absolute Gasteiger partial charge is 0.435 e. The number of fused-ring (bicyclic) bond motifs is 17. The molecule has 11 aromatic heterocycles. The number of aromatic nitrogens is 7. The van der Waals surface area contributed by atoms with Crippen LogP contribution in [-0.4, -0.2) is 106 Å². The molecular weight excluding hydrogens is 1580 g/mol. The van der Waals surface area contributed by atoms with E-state index >= 15 is 0 Å². The molecule has 0 bridgehead atoms. The van der Waals surface area contributed by atoms with Crippen LogP contribution < -0.4 is 34.3 Å². The van der Waals surface area contributed by atoms with Crippen LogP contribution in [0.2, 0.25) is 0 Å². The van der Waals surface area contributed by atoms with Gasteiger partial charge in [0.25, 0.3) is 0 Å². The van der Waals surface area contributed by atoms with Crippen molar-refractivity contribution in [3.05, 3.63) is 282 Å². The Balaban J connectivity index is 0.000000110. The van der Waals surface area contributed by atoms with E-state index < -0.39 is 39.0 Å². The van der Waals surface area contributed by atoms with E-state index in [0.29, 0.717) is 39.8 Å². The lowest BCUT2D eigenvalue weighted by Crippen LogP contribution is -2.39. The van der Waals surface area contributed by atoms with Crippen molar-refractivity contribution in [2.75, 3.05) is 48.3 Å². The van der Waals surface area contributed by atoms with Gasteiger partial charge < -0.3 is 66.2 Å². The standard InChI is InChI=1S/C25H21N5O.C22H21N3O.2C20H23N3O.C18H19N3O/c1-15-9-11-19-20-12-10-16(2)28-25(20)31-22(19)21(15)30-17(3)29(18-7-5-4-6-8-18)23-24(30)27-14-13-26-23;1-13-9-11-16-17-12-10-14(2)23-22(17)26-21(16)20(13)25-15(3)24(4)18-7-5-6-8-19(18)25;2*1-12(2)22-10-11-23(15(22)5)18-13(3)6-8-16-17-9-7-14(4)21-20(17)24-19(16)18;1-11-5-7-14-15-8-6-12(2)19-18(15)22-17(14)16(11)21-10-9-20(4)13(21)3/h4-14,17H,1-3H3;5-12,15H,1-4H3;2*6-12,15H,1-5H3;5-10,13H,1-4H3/i;4D3;1D3,12D;12D;4D3. The van der Waals surface area contributed by atoms with Crippen molar-refractivity contribution >= 4 is 167 Å². The number of aryl methyl sites for hydroxylation is 10. The van der Waals surface area contributed by atoms with E-state index in [1.54, 1.807) is 35.9 Å². The lowest BCUT2D eigenvalue weighted by atomic mass is 10.1. The van der Waals surface area contributed by atoms with E-state index in [1.165, 1.54) is 16.7 Å². The molecule has 0 N–H and O–H groups in total. The first kappa shape index (κ1) is 69.9. The quantitative estimate of drug-likeness (QED) is 0.140. The van der Waals surface area contributed by atoms with Crippen molar-refractivity contribution < 1.29 is 37.2 Å². The molecule has 16 heterocycles. The Morgan fingerprint density at radius 1 is 0.307 bits per heavy atom. The van der Waals surface area contributed by atoms with Gasteiger partial charge in [0.2, 0.25) is 28.6 Å². The fourth-order valence-electron chi connectivity index (χ4n) is 18.4. The Morgan fingerprint density at radius 3 is 1.00 bits per heavy atom. The first-order valence-electron chi connectivity index (χ1n) is 48.3. The summed E-state index contributed by atoms with van der Waals surface area (Å²) >= 11 is 0. The first-order chi connectivity index (χ1) is 65.5. The van der Waals surface area contributed by atoms with Crippen LogP contribution in [-0.2, 0) is 0 Å². The molecule has 5 aliphatic rings. The average Bonchev–Trinajstić information content (AvgIpc) is 1.57. The number of anilines is 10. The normalized spacial score (nSPS) is 19.3. The number of nitrogens with zero attached hydrogens (tertiary/aromatic N) is 17. The number of furan rings is 5. The van der Waals surface area contributed by atoms with E-state index in [-0.39, 0.29) is 24.7 Å². The number of rotatable bonds is 8. The topological polar surface area (TPSA) is 188 Å². The third kappa shape index (κ3) is 14.1. The summed E-state index contributed by atoms with van der Waals surface area (Å²) in [7, 11) is 0. The maximum atomic E-state index is 8.44. The second-order valence-corrected chi connectivity index (χ2v) is 33.6. The zero-order valence-corrected chi connectivity index (χ0v) is 74.4. The van der Waals surface area contributed by atoms with Crippen LogP contribution in [0.4, 0.5) is 57.1 Å². The van der Waals surface area contributed by atoms with E-state index in [4.69, 9.17) is 42.1 Å². The minimum absolute atomic E-state index is 0.0352. The fraction of sp³-hybridized carbons (Fsp3) is 0.267. The molecular formula is C105H107N17O5. The maximum absolute atomic E-state index is 8.44. The molecule has 0 saturated carbocycles. The molecule has 18 aromatic rings. The van der Waals surface area contributed by atoms with Gasteiger partial charge in [0, 0.05) is 176 Å². The number of pyridine rings is 5. The number of benzene rings is 7. The average molecular weight is 1700 g/mol. The summed E-state index contributed by atoms with van der Waals surface area (Å²) in [6, 6.07) is 56.3. The molecule has 0 saturated heterocycles. The molecule has 127 heavy (non-hydrogen) atoms. The predicted molar refractivity (Wildman–Crippen MR) is 519 cm³/mol. The molecule has 0 spiro atoms. The van der Waals surface area contributed by atoms with Crippen molar-refractivity contribution in [1.29, 1.82) is 0 Å². The molecule has 0 amide bonds. The van der Waals surface area contributed by atoms with Crippen LogP contribution in [0.5, 0.6) is 0 Å². The Hall–Kier alpha value is -14.4. The lowest BCUT2D eigenvalue weighted by molar-refractivity contribution is 0.263. The van der Waals surface area contributed by atoms with E-state index in [2.05, 4.69) is 132 Å². The van der Waals surface area contributed by atoms with Gasteiger partial charge in [-0.3, -0.25) is 4.90 Å². The van der Waals surface area contributed by atoms with Gasteiger partial charge in [0.1, 0.15) is 30.8 Å². The molecule has 0 fully saturated rings. The molecule has 6 unspecified atom stereocenters. The minimum Gasteiger partial charge on any atom is -0.435 e. The molecule has 0 radical (unpaired) electrons. The van der Waals surface area contributed by atoms with Crippen molar-refractivity contribution in [2.24, 2.45) is 0 Å². The maximum Gasteiger partial charge on any atom is 0.227 e. The fourth-order valence-corrected chi connectivity index (χ4v) is 18.4. The van der Waals surface area contributed by atoms with E-state index in [0.717, 1.165) is 184 Å². The highest BCUT2D eigenvalue weighted by Gasteiger charge is 2.41. The minimum atomic E-state index is -2.44. The third-order valence-corrected chi connectivity index (χ3v) is 24.9. The highest BCUT2D eigenvalue weighted by molar-refractivity contribution is 6.14. The Morgan fingerprint density at radius 2 is 0.638 bits per heavy atom. The zero-order chi connectivity index (χ0) is 97.9. The van der Waals surface area contributed by atoms with Crippen LogP contribution in [0, 0.1) is 69.2 Å². The van der Waals surface area contributed by atoms with Crippen molar-refractivity contribution in [2.45, 2.75) is 174 Å². The summed E-state index contributed by atoms with van der Waals surface area (Å²) in [5.74, 6) is 1.65. The summed E-state index contributed by atoms with van der Waals surface area (Å²) in [5.41, 5.74) is 24.1. The molecule has 22 nitrogen and oxygen atoms in total. The summed E-state index contributed by atoms with van der Waals surface area (Å²) < 4.78 is 118. The van der Waals surface area contributed by atoms with Gasteiger partial charge in [0.15, 0.2) is 39.6 Å². The van der Waals surface area contributed by atoms with E-state index in [1.807, 2.05) is 245 Å². The van der Waals surface area contributed by atoms with Gasteiger partial charge >= 0.3 is 0 Å². The smallest absolute Gasteiger partial charge is 0.227 e. The molecule has 6 atom stereocenters. The van der Waals surface area contributed by atoms with E-state index in [9.17, 15) is 0 Å². The summed E-state index contributed by atoms with van der Waals surface area (Å²) in [4.78, 5) is 51.1. The molecule has 0 aliphatic carbocycles. The highest BCUT2D eigenvalue weighted by atomic mass is 16.4. The van der Waals surface area contributed by atoms with Gasteiger partial charge in [-0.25, -0.2) is 34.9 Å².